The van der Waals surface area contributed by atoms with Crippen LogP contribution in [0.3, 0.4) is 0 Å². The largest absolute Gasteiger partial charge is 0.321 e. The van der Waals surface area contributed by atoms with Crippen molar-refractivity contribution in [2.75, 3.05) is 5.32 Å². The standard InChI is InChI=1S/C13H8Cl2INO/c14-8-4-3-5-9(15)12(8)13(18)17-11-7-2-1-6-10(11)16/h1-7H,(H,17,18). The highest BCUT2D eigenvalue weighted by molar-refractivity contribution is 14.1. The van der Waals surface area contributed by atoms with Gasteiger partial charge in [0.15, 0.2) is 0 Å². The molecule has 2 aromatic rings. The molecule has 0 aromatic heterocycles. The van der Waals surface area contributed by atoms with Crippen molar-refractivity contribution in [1.82, 2.24) is 0 Å². The van der Waals surface area contributed by atoms with E-state index in [0.717, 1.165) is 9.26 Å². The highest BCUT2D eigenvalue weighted by Crippen LogP contribution is 2.26. The fourth-order valence-electron chi connectivity index (χ4n) is 1.46. The molecule has 0 unspecified atom stereocenters. The molecule has 0 aliphatic carbocycles. The lowest BCUT2D eigenvalue weighted by Gasteiger charge is -2.09. The van der Waals surface area contributed by atoms with Gasteiger partial charge in [0, 0.05) is 3.57 Å². The van der Waals surface area contributed by atoms with E-state index in [1.165, 1.54) is 0 Å². The van der Waals surface area contributed by atoms with Crippen molar-refractivity contribution in [1.29, 1.82) is 0 Å². The number of para-hydroxylation sites is 1. The minimum atomic E-state index is -0.310. The van der Waals surface area contributed by atoms with Crippen LogP contribution in [0.2, 0.25) is 10.0 Å². The lowest BCUT2D eigenvalue weighted by molar-refractivity contribution is 0.102. The lowest BCUT2D eigenvalue weighted by atomic mass is 10.2. The van der Waals surface area contributed by atoms with Gasteiger partial charge < -0.3 is 5.32 Å². The molecule has 0 atom stereocenters. The van der Waals surface area contributed by atoms with Gasteiger partial charge >= 0.3 is 0 Å². The van der Waals surface area contributed by atoms with E-state index < -0.39 is 0 Å². The van der Waals surface area contributed by atoms with E-state index in [2.05, 4.69) is 27.9 Å². The molecule has 0 saturated heterocycles. The summed E-state index contributed by atoms with van der Waals surface area (Å²) in [7, 11) is 0. The van der Waals surface area contributed by atoms with Crippen molar-refractivity contribution in [2.24, 2.45) is 0 Å². The van der Waals surface area contributed by atoms with E-state index >= 15 is 0 Å². The third kappa shape index (κ3) is 2.96. The summed E-state index contributed by atoms with van der Waals surface area (Å²) in [6.45, 7) is 0. The molecular formula is C13H8Cl2INO. The van der Waals surface area contributed by atoms with Crippen LogP contribution in [0.5, 0.6) is 0 Å². The van der Waals surface area contributed by atoms with Crippen LogP contribution < -0.4 is 5.32 Å². The monoisotopic (exact) mass is 391 g/mol. The van der Waals surface area contributed by atoms with Gasteiger partial charge in [-0.15, -0.1) is 0 Å². The molecule has 92 valence electrons. The molecule has 0 bridgehead atoms. The Morgan fingerprint density at radius 2 is 1.61 bits per heavy atom. The number of carbonyl (C=O) groups is 1. The maximum Gasteiger partial charge on any atom is 0.258 e. The highest BCUT2D eigenvalue weighted by Gasteiger charge is 2.15. The maximum absolute atomic E-state index is 12.1. The number of anilines is 1. The average Bonchev–Trinajstić information content (AvgIpc) is 2.32. The van der Waals surface area contributed by atoms with Gasteiger partial charge in [0.2, 0.25) is 0 Å². The molecule has 1 N–H and O–H groups in total. The van der Waals surface area contributed by atoms with E-state index in [1.54, 1.807) is 18.2 Å². The van der Waals surface area contributed by atoms with Crippen LogP contribution in [0.4, 0.5) is 5.69 Å². The zero-order valence-electron chi connectivity index (χ0n) is 9.08. The number of nitrogens with one attached hydrogen (secondary N) is 1. The Hall–Kier alpha value is -0.780. The number of carbonyl (C=O) groups excluding carboxylic acids is 1. The molecule has 1 amide bonds. The van der Waals surface area contributed by atoms with E-state index in [1.807, 2.05) is 24.3 Å². The van der Waals surface area contributed by atoms with E-state index in [0.29, 0.717) is 15.6 Å². The van der Waals surface area contributed by atoms with E-state index in [9.17, 15) is 4.79 Å². The van der Waals surface area contributed by atoms with Crippen molar-refractivity contribution >= 4 is 57.4 Å². The molecule has 2 rings (SSSR count). The van der Waals surface area contributed by atoms with Crippen LogP contribution >= 0.6 is 45.8 Å². The molecule has 2 nitrogen and oxygen atoms in total. The average molecular weight is 392 g/mol. The first-order chi connectivity index (χ1) is 8.59. The SMILES string of the molecule is O=C(Nc1ccccc1I)c1c(Cl)cccc1Cl. The van der Waals surface area contributed by atoms with Gasteiger partial charge in [-0.3, -0.25) is 4.79 Å². The van der Waals surface area contributed by atoms with Crippen molar-refractivity contribution in [3.63, 3.8) is 0 Å². The topological polar surface area (TPSA) is 29.1 Å². The van der Waals surface area contributed by atoms with Crippen molar-refractivity contribution in [3.05, 3.63) is 61.6 Å². The molecule has 0 spiro atoms. The molecule has 0 heterocycles. The summed E-state index contributed by atoms with van der Waals surface area (Å²) in [6, 6.07) is 12.5. The number of hydrogen-bond donors (Lipinski definition) is 1. The number of rotatable bonds is 2. The van der Waals surface area contributed by atoms with Crippen molar-refractivity contribution < 1.29 is 4.79 Å². The lowest BCUT2D eigenvalue weighted by Crippen LogP contribution is -2.13. The van der Waals surface area contributed by atoms with E-state index in [4.69, 9.17) is 23.2 Å². The predicted molar refractivity (Wildman–Crippen MR) is 83.6 cm³/mol. The summed E-state index contributed by atoms with van der Waals surface area (Å²) in [5.41, 5.74) is 1.03. The minimum Gasteiger partial charge on any atom is -0.321 e. The van der Waals surface area contributed by atoms with E-state index in [-0.39, 0.29) is 5.91 Å². The summed E-state index contributed by atoms with van der Waals surface area (Å²) in [4.78, 5) is 12.1. The Morgan fingerprint density at radius 3 is 2.22 bits per heavy atom. The number of amides is 1. The first kappa shape index (κ1) is 13.6. The van der Waals surface area contributed by atoms with Gasteiger partial charge in [-0.25, -0.2) is 0 Å². The molecule has 0 aliphatic heterocycles. The molecule has 0 aliphatic rings. The molecule has 2 aromatic carbocycles. The molecule has 0 radical (unpaired) electrons. The molecule has 5 heteroatoms. The zero-order chi connectivity index (χ0) is 13.1. The first-order valence-electron chi connectivity index (χ1n) is 5.09. The maximum atomic E-state index is 12.1. The number of halogens is 3. The van der Waals surface area contributed by atoms with Gasteiger partial charge in [0.1, 0.15) is 0 Å². The second-order valence-electron chi connectivity index (χ2n) is 3.53. The molecular weight excluding hydrogens is 384 g/mol. The van der Waals surface area contributed by atoms with Crippen LogP contribution in [0.15, 0.2) is 42.5 Å². The summed E-state index contributed by atoms with van der Waals surface area (Å²) in [5.74, 6) is -0.310. The van der Waals surface area contributed by atoms with Crippen LogP contribution in [-0.4, -0.2) is 5.91 Å². The Labute approximate surface area is 128 Å². The summed E-state index contributed by atoms with van der Waals surface area (Å²) in [6.07, 6.45) is 0. The Bertz CT molecular complexity index is 581. The highest BCUT2D eigenvalue weighted by atomic mass is 127. The van der Waals surface area contributed by atoms with Gasteiger partial charge in [-0.05, 0) is 46.9 Å². The zero-order valence-corrected chi connectivity index (χ0v) is 12.8. The van der Waals surface area contributed by atoms with Gasteiger partial charge in [0.25, 0.3) is 5.91 Å². The number of benzene rings is 2. The van der Waals surface area contributed by atoms with Gasteiger partial charge in [0.05, 0.1) is 21.3 Å². The van der Waals surface area contributed by atoms with Crippen molar-refractivity contribution in [2.45, 2.75) is 0 Å². The van der Waals surface area contributed by atoms with Crippen LogP contribution in [-0.2, 0) is 0 Å². The van der Waals surface area contributed by atoms with Gasteiger partial charge in [-0.2, -0.15) is 0 Å². The predicted octanol–water partition coefficient (Wildman–Crippen LogP) is 4.85. The second-order valence-corrected chi connectivity index (χ2v) is 5.51. The summed E-state index contributed by atoms with van der Waals surface area (Å²) in [5, 5.41) is 3.47. The fourth-order valence-corrected chi connectivity index (χ4v) is 2.55. The van der Waals surface area contributed by atoms with Crippen molar-refractivity contribution in [3.8, 4) is 0 Å². The second kappa shape index (κ2) is 5.91. The third-order valence-corrected chi connectivity index (χ3v) is 3.88. The Kier molecular flexibility index (Phi) is 4.48. The molecule has 0 fully saturated rings. The fraction of sp³-hybridized carbons (Fsp3) is 0. The first-order valence-corrected chi connectivity index (χ1v) is 6.93. The van der Waals surface area contributed by atoms with Crippen LogP contribution in [0, 0.1) is 3.57 Å². The van der Waals surface area contributed by atoms with Crippen LogP contribution in [0.25, 0.3) is 0 Å². The van der Waals surface area contributed by atoms with Gasteiger partial charge in [-0.1, -0.05) is 41.4 Å². The van der Waals surface area contributed by atoms with Crippen LogP contribution in [0.1, 0.15) is 10.4 Å². The molecule has 18 heavy (non-hydrogen) atoms. The quantitative estimate of drug-likeness (QED) is 0.728. The number of hydrogen-bond acceptors (Lipinski definition) is 1. The Balaban J connectivity index is 2.31. The summed E-state index contributed by atoms with van der Waals surface area (Å²) >= 11 is 14.1. The normalized spacial score (nSPS) is 10.2. The third-order valence-electron chi connectivity index (χ3n) is 2.31. The minimum absolute atomic E-state index is 0.292. The Morgan fingerprint density at radius 1 is 1.00 bits per heavy atom. The molecule has 0 saturated carbocycles. The smallest absolute Gasteiger partial charge is 0.258 e. The summed E-state index contributed by atoms with van der Waals surface area (Å²) < 4.78 is 0.951.